The molecule has 0 N–H and O–H groups in total. The van der Waals surface area contributed by atoms with E-state index >= 15 is 0 Å². The van der Waals surface area contributed by atoms with Crippen molar-refractivity contribution in [1.29, 1.82) is 0 Å². The first kappa shape index (κ1) is 20.0. The van der Waals surface area contributed by atoms with E-state index in [2.05, 4.69) is 46.8 Å². The van der Waals surface area contributed by atoms with Crippen LogP contribution in [0.1, 0.15) is 79.9 Å². The molecule has 1 nitrogen and oxygen atoms in total. The molecular formula is C19H29LiOP. The molecule has 2 rings (SSSR count). The number of rotatable bonds is 3. The summed E-state index contributed by atoms with van der Waals surface area (Å²) < 4.78 is 0. The van der Waals surface area contributed by atoms with Gasteiger partial charge in [-0.25, -0.2) is 0 Å². The Bertz CT molecular complexity index is 502. The third-order valence-corrected chi connectivity index (χ3v) is 6.06. The van der Waals surface area contributed by atoms with Crippen LogP contribution in [0.3, 0.4) is 0 Å². The quantitative estimate of drug-likeness (QED) is 0.541. The third kappa shape index (κ3) is 4.96. The van der Waals surface area contributed by atoms with E-state index in [-0.39, 0.29) is 24.3 Å². The van der Waals surface area contributed by atoms with Crippen LogP contribution in [0.25, 0.3) is 0 Å². The summed E-state index contributed by atoms with van der Waals surface area (Å²) in [6.45, 7) is 10.9. The van der Waals surface area contributed by atoms with E-state index in [9.17, 15) is 4.79 Å². The average molecular weight is 311 g/mol. The molecule has 0 bridgehead atoms. The van der Waals surface area contributed by atoms with Gasteiger partial charge in [-0.15, -0.1) is 0 Å². The number of aryl methyl sites for hydroxylation is 2. The van der Waals surface area contributed by atoms with Crippen molar-refractivity contribution in [3.05, 3.63) is 34.4 Å². The van der Waals surface area contributed by atoms with Crippen LogP contribution in [0.4, 0.5) is 0 Å². The first-order valence-corrected chi connectivity index (χ1v) is 9.29. The van der Waals surface area contributed by atoms with Gasteiger partial charge in [0.15, 0.2) is 5.52 Å². The summed E-state index contributed by atoms with van der Waals surface area (Å²) in [4.78, 5) is 12.7. The zero-order valence-electron chi connectivity index (χ0n) is 15.2. The summed E-state index contributed by atoms with van der Waals surface area (Å²) >= 11 is 0. The Balaban J connectivity index is 0.00000242. The standard InChI is InChI=1S/C19H29OP.Li/c1-13-11-15(19(3,4)5)12-14(2)17(13)18(20)21-16-9-7-6-8-10-16;/h11-12,16,21H,6-10H2,1-5H3;. The molecule has 1 saturated carbocycles. The summed E-state index contributed by atoms with van der Waals surface area (Å²) in [5.41, 5.74) is 5.82. The van der Waals surface area contributed by atoms with Gasteiger partial charge in [0.05, 0.1) is 0 Å². The molecule has 0 saturated heterocycles. The Morgan fingerprint density at radius 2 is 1.55 bits per heavy atom. The van der Waals surface area contributed by atoms with E-state index in [1.165, 1.54) is 37.7 Å². The van der Waals surface area contributed by atoms with Crippen LogP contribution in [-0.2, 0) is 5.41 Å². The Morgan fingerprint density at radius 1 is 1.05 bits per heavy atom. The molecule has 1 aromatic rings. The van der Waals surface area contributed by atoms with Crippen molar-refractivity contribution in [2.45, 2.75) is 77.8 Å². The first-order valence-electron chi connectivity index (χ1n) is 8.21. The molecule has 0 aromatic heterocycles. The van der Waals surface area contributed by atoms with Crippen LogP contribution in [-0.4, -0.2) is 30.0 Å². The number of benzene rings is 1. The summed E-state index contributed by atoms with van der Waals surface area (Å²) in [6, 6.07) is 4.43. The largest absolute Gasteiger partial charge is 0.289 e. The maximum atomic E-state index is 12.7. The number of carbonyl (C=O) groups excluding carboxylic acids is 1. The summed E-state index contributed by atoms with van der Waals surface area (Å²) in [5, 5.41) is 0. The van der Waals surface area contributed by atoms with Gasteiger partial charge in [-0.1, -0.05) is 52.2 Å². The van der Waals surface area contributed by atoms with Crippen molar-refractivity contribution in [3.63, 3.8) is 0 Å². The number of hydrogen-bond acceptors (Lipinski definition) is 1. The van der Waals surface area contributed by atoms with Crippen LogP contribution in [0.15, 0.2) is 12.1 Å². The van der Waals surface area contributed by atoms with E-state index in [0.717, 1.165) is 16.7 Å². The van der Waals surface area contributed by atoms with Gasteiger partial charge >= 0.3 is 0 Å². The van der Waals surface area contributed by atoms with Gasteiger partial charge in [0.25, 0.3) is 0 Å². The first-order chi connectivity index (χ1) is 9.79. The fourth-order valence-electron chi connectivity index (χ4n) is 3.26. The monoisotopic (exact) mass is 311 g/mol. The number of carbonyl (C=O) groups is 1. The van der Waals surface area contributed by atoms with Gasteiger partial charge in [-0.3, -0.25) is 4.79 Å². The van der Waals surface area contributed by atoms with E-state index in [1.807, 2.05) is 0 Å². The SMILES string of the molecule is Cc1cc(C(C)(C)C)cc(C)c1C(=O)PC1CCCCC1.[Li]. The van der Waals surface area contributed by atoms with Crippen LogP contribution >= 0.6 is 8.58 Å². The van der Waals surface area contributed by atoms with Gasteiger partial charge in [0.1, 0.15) is 0 Å². The Hall–Kier alpha value is -0.0826. The van der Waals surface area contributed by atoms with Crippen molar-refractivity contribution in [2.75, 3.05) is 0 Å². The van der Waals surface area contributed by atoms with Gasteiger partial charge < -0.3 is 0 Å². The third-order valence-electron chi connectivity index (χ3n) is 4.57. The fourth-order valence-corrected chi connectivity index (χ4v) is 4.87. The number of hydrogen-bond donors (Lipinski definition) is 0. The van der Waals surface area contributed by atoms with Crippen LogP contribution < -0.4 is 0 Å². The van der Waals surface area contributed by atoms with Crippen LogP contribution in [0.2, 0.25) is 0 Å². The molecule has 1 radical (unpaired) electrons. The molecule has 0 amide bonds. The van der Waals surface area contributed by atoms with Crippen LogP contribution in [0.5, 0.6) is 0 Å². The predicted molar refractivity (Wildman–Crippen MR) is 99.9 cm³/mol. The Kier molecular flexibility index (Phi) is 7.39. The minimum Gasteiger partial charge on any atom is -0.289 e. The summed E-state index contributed by atoms with van der Waals surface area (Å²) in [5.74, 6) is 0. The minimum atomic E-state index is 0. The van der Waals surface area contributed by atoms with Crippen molar-refractivity contribution >= 4 is 33.0 Å². The molecule has 1 fully saturated rings. The minimum absolute atomic E-state index is 0. The van der Waals surface area contributed by atoms with E-state index < -0.39 is 0 Å². The topological polar surface area (TPSA) is 17.1 Å². The van der Waals surface area contributed by atoms with Gasteiger partial charge in [0, 0.05) is 24.4 Å². The molecular weight excluding hydrogens is 282 g/mol. The molecule has 1 unspecified atom stereocenters. The maximum Gasteiger partial charge on any atom is 0.181 e. The molecule has 0 heterocycles. The second-order valence-corrected chi connectivity index (χ2v) is 9.10. The molecule has 1 atom stereocenters. The van der Waals surface area contributed by atoms with Gasteiger partial charge in [0.2, 0.25) is 0 Å². The maximum absolute atomic E-state index is 12.7. The second kappa shape index (κ2) is 8.15. The summed E-state index contributed by atoms with van der Waals surface area (Å²) in [7, 11) is 0.470. The molecule has 0 aliphatic heterocycles. The average Bonchev–Trinajstić information content (AvgIpc) is 2.37. The normalized spacial score (nSPS) is 16.8. The molecule has 3 heteroatoms. The molecule has 1 aromatic carbocycles. The second-order valence-electron chi connectivity index (χ2n) is 7.54. The smallest absolute Gasteiger partial charge is 0.181 e. The molecule has 1 aliphatic rings. The predicted octanol–water partition coefficient (Wildman–Crippen LogP) is 5.37. The Labute approximate surface area is 150 Å². The molecule has 0 spiro atoms. The zero-order chi connectivity index (χ0) is 15.6. The molecule has 22 heavy (non-hydrogen) atoms. The van der Waals surface area contributed by atoms with Crippen LogP contribution in [0, 0.1) is 13.8 Å². The van der Waals surface area contributed by atoms with Crippen molar-refractivity contribution in [1.82, 2.24) is 0 Å². The van der Waals surface area contributed by atoms with Crippen molar-refractivity contribution < 1.29 is 4.79 Å². The van der Waals surface area contributed by atoms with E-state index in [1.54, 1.807) is 0 Å². The molecule has 117 valence electrons. The van der Waals surface area contributed by atoms with Crippen molar-refractivity contribution in [2.24, 2.45) is 0 Å². The zero-order valence-corrected chi connectivity index (χ0v) is 16.2. The fraction of sp³-hybridized carbons (Fsp3) is 0.632. The van der Waals surface area contributed by atoms with Gasteiger partial charge in [-0.2, -0.15) is 0 Å². The van der Waals surface area contributed by atoms with Gasteiger partial charge in [-0.05, 0) is 63.0 Å². The van der Waals surface area contributed by atoms with Crippen molar-refractivity contribution in [3.8, 4) is 0 Å². The van der Waals surface area contributed by atoms with E-state index in [0.29, 0.717) is 19.8 Å². The summed E-state index contributed by atoms with van der Waals surface area (Å²) in [6.07, 6.45) is 6.48. The molecule has 1 aliphatic carbocycles. The Morgan fingerprint density at radius 3 is 2.00 bits per heavy atom. The van der Waals surface area contributed by atoms with E-state index in [4.69, 9.17) is 0 Å².